The van der Waals surface area contributed by atoms with Gasteiger partial charge in [-0.05, 0) is 41.2 Å². The molecule has 0 unspecified atom stereocenters. The second-order valence-electron chi connectivity index (χ2n) is 5.80. The van der Waals surface area contributed by atoms with Gasteiger partial charge in [-0.25, -0.2) is 0 Å². The van der Waals surface area contributed by atoms with Crippen LogP contribution in [0, 0.1) is 0 Å². The van der Waals surface area contributed by atoms with Gasteiger partial charge in [0.15, 0.2) is 11.5 Å². The summed E-state index contributed by atoms with van der Waals surface area (Å²) < 4.78 is 10.6. The summed E-state index contributed by atoms with van der Waals surface area (Å²) in [5.41, 5.74) is 3.68. The van der Waals surface area contributed by atoms with Crippen molar-refractivity contribution in [1.82, 2.24) is 0 Å². The molecule has 0 atom stereocenters. The maximum Gasteiger partial charge on any atom is 0.160 e. The van der Waals surface area contributed by atoms with Crippen LogP contribution in [0.3, 0.4) is 0 Å². The second-order valence-corrected chi connectivity index (χ2v) is 5.80. The van der Waals surface area contributed by atoms with Gasteiger partial charge in [-0.1, -0.05) is 44.2 Å². The van der Waals surface area contributed by atoms with Crippen molar-refractivity contribution < 1.29 is 9.47 Å². The summed E-state index contributed by atoms with van der Waals surface area (Å²) in [5, 5.41) is 0. The van der Waals surface area contributed by atoms with Gasteiger partial charge >= 0.3 is 0 Å². The molecule has 0 fully saturated rings. The van der Waals surface area contributed by atoms with E-state index in [1.54, 1.807) is 14.2 Å². The zero-order valence-electron chi connectivity index (χ0n) is 14.4. The zero-order valence-corrected chi connectivity index (χ0v) is 14.4. The van der Waals surface area contributed by atoms with Gasteiger partial charge in [-0.3, -0.25) is 4.99 Å². The van der Waals surface area contributed by atoms with E-state index in [4.69, 9.17) is 9.47 Å². The molecule has 0 heterocycles. The van der Waals surface area contributed by atoms with E-state index in [0.717, 1.165) is 30.0 Å². The molecule has 0 saturated carbocycles. The molecule has 0 N–H and O–H groups in total. The maximum atomic E-state index is 5.32. The molecular weight excluding hydrogens is 286 g/mol. The lowest BCUT2D eigenvalue weighted by Gasteiger charge is -2.08. The smallest absolute Gasteiger partial charge is 0.160 e. The number of nitrogens with zero attached hydrogens (tertiary/aromatic N) is 1. The molecular formula is C20H25NO2. The van der Waals surface area contributed by atoms with E-state index in [2.05, 4.69) is 43.1 Å². The molecule has 0 aliphatic carbocycles. The second kappa shape index (κ2) is 8.37. The highest BCUT2D eigenvalue weighted by Gasteiger charge is 2.04. The quantitative estimate of drug-likeness (QED) is 0.705. The molecule has 0 amide bonds. The lowest BCUT2D eigenvalue weighted by molar-refractivity contribution is 0.354. The molecule has 3 heteroatoms. The van der Waals surface area contributed by atoms with E-state index < -0.39 is 0 Å². The molecule has 0 aliphatic heterocycles. The van der Waals surface area contributed by atoms with Gasteiger partial charge in [-0.15, -0.1) is 0 Å². The number of hydrogen-bond donors (Lipinski definition) is 0. The van der Waals surface area contributed by atoms with Crippen LogP contribution in [0.2, 0.25) is 0 Å². The summed E-state index contributed by atoms with van der Waals surface area (Å²) in [6.07, 6.45) is 2.81. The summed E-state index contributed by atoms with van der Waals surface area (Å²) in [6, 6.07) is 14.6. The van der Waals surface area contributed by atoms with E-state index in [0.29, 0.717) is 5.92 Å². The minimum atomic E-state index is 0.561. The van der Waals surface area contributed by atoms with Crippen LogP contribution >= 0.6 is 0 Å². The number of aliphatic imine (C=N–C) groups is 1. The van der Waals surface area contributed by atoms with Gasteiger partial charge in [-0.2, -0.15) is 0 Å². The lowest BCUT2D eigenvalue weighted by Crippen LogP contribution is -1.95. The van der Waals surface area contributed by atoms with Gasteiger partial charge in [0.2, 0.25) is 0 Å². The third kappa shape index (κ3) is 4.85. The molecule has 0 aliphatic rings. The molecule has 2 rings (SSSR count). The molecule has 0 radical (unpaired) electrons. The Morgan fingerprint density at radius 2 is 1.65 bits per heavy atom. The van der Waals surface area contributed by atoms with Gasteiger partial charge in [0.1, 0.15) is 0 Å². The minimum Gasteiger partial charge on any atom is -0.493 e. The average Bonchev–Trinajstić information content (AvgIpc) is 2.58. The molecule has 0 saturated heterocycles. The number of methoxy groups -OCH3 is 2. The third-order valence-corrected chi connectivity index (χ3v) is 3.82. The first-order valence-corrected chi connectivity index (χ1v) is 7.94. The third-order valence-electron chi connectivity index (χ3n) is 3.82. The zero-order chi connectivity index (χ0) is 16.7. The van der Waals surface area contributed by atoms with Gasteiger partial charge in [0.05, 0.1) is 14.2 Å². The number of benzene rings is 2. The van der Waals surface area contributed by atoms with E-state index in [1.165, 1.54) is 11.1 Å². The highest BCUT2D eigenvalue weighted by molar-refractivity contribution is 5.79. The van der Waals surface area contributed by atoms with Gasteiger partial charge < -0.3 is 9.47 Å². The Hall–Kier alpha value is -2.29. The van der Waals surface area contributed by atoms with Crippen molar-refractivity contribution in [3.8, 4) is 11.5 Å². The van der Waals surface area contributed by atoms with E-state index in [1.807, 2.05) is 24.4 Å². The summed E-state index contributed by atoms with van der Waals surface area (Å²) >= 11 is 0. The van der Waals surface area contributed by atoms with Crippen LogP contribution < -0.4 is 9.47 Å². The Morgan fingerprint density at radius 3 is 2.26 bits per heavy atom. The normalized spacial score (nSPS) is 11.2. The van der Waals surface area contributed by atoms with E-state index >= 15 is 0 Å². The number of ether oxygens (including phenoxy) is 2. The Labute approximate surface area is 139 Å². The van der Waals surface area contributed by atoms with Crippen molar-refractivity contribution in [1.29, 1.82) is 0 Å². The van der Waals surface area contributed by atoms with Crippen molar-refractivity contribution in [3.63, 3.8) is 0 Å². The van der Waals surface area contributed by atoms with Gasteiger partial charge in [0, 0.05) is 12.8 Å². The highest BCUT2D eigenvalue weighted by atomic mass is 16.5. The summed E-state index contributed by atoms with van der Waals surface area (Å²) in [4.78, 5) is 4.51. The first-order valence-electron chi connectivity index (χ1n) is 7.94. The number of hydrogen-bond acceptors (Lipinski definition) is 3. The van der Waals surface area contributed by atoms with Crippen LogP contribution in [0.5, 0.6) is 11.5 Å². The topological polar surface area (TPSA) is 30.8 Å². The average molecular weight is 311 g/mol. The van der Waals surface area contributed by atoms with Crippen molar-refractivity contribution in [2.24, 2.45) is 4.99 Å². The van der Waals surface area contributed by atoms with E-state index in [-0.39, 0.29) is 0 Å². The molecule has 122 valence electrons. The molecule has 3 nitrogen and oxygen atoms in total. The van der Waals surface area contributed by atoms with E-state index in [9.17, 15) is 0 Å². The fourth-order valence-electron chi connectivity index (χ4n) is 2.37. The molecule has 0 bridgehead atoms. The van der Waals surface area contributed by atoms with Crippen molar-refractivity contribution in [3.05, 3.63) is 59.2 Å². The Bertz CT molecular complexity index is 645. The SMILES string of the molecule is COc1ccc(CCN=Cc2ccc(C(C)C)cc2)cc1OC. The van der Waals surface area contributed by atoms with Crippen LogP contribution in [-0.2, 0) is 6.42 Å². The first-order chi connectivity index (χ1) is 11.1. The largest absolute Gasteiger partial charge is 0.493 e. The van der Waals surface area contributed by atoms with Crippen LogP contribution in [0.15, 0.2) is 47.5 Å². The fraction of sp³-hybridized carbons (Fsp3) is 0.350. The number of rotatable bonds is 7. The summed E-state index contributed by atoms with van der Waals surface area (Å²) in [5.74, 6) is 2.08. The fourth-order valence-corrected chi connectivity index (χ4v) is 2.37. The molecule has 0 aromatic heterocycles. The first kappa shape index (κ1) is 17.1. The van der Waals surface area contributed by atoms with Gasteiger partial charge in [0.25, 0.3) is 0 Å². The van der Waals surface area contributed by atoms with Crippen LogP contribution in [0.1, 0.15) is 36.5 Å². The standard InChI is InChI=1S/C20H25NO2/c1-15(2)18-8-5-17(6-9-18)14-21-12-11-16-7-10-19(22-3)20(13-16)23-4/h5-10,13-15H,11-12H2,1-4H3. The van der Waals surface area contributed by atoms with Crippen molar-refractivity contribution in [2.45, 2.75) is 26.2 Å². The summed E-state index contributed by atoms with van der Waals surface area (Å²) in [6.45, 7) is 5.15. The van der Waals surface area contributed by atoms with Crippen molar-refractivity contribution >= 4 is 6.21 Å². The van der Waals surface area contributed by atoms with Crippen LogP contribution in [0.25, 0.3) is 0 Å². The van der Waals surface area contributed by atoms with Crippen molar-refractivity contribution in [2.75, 3.05) is 20.8 Å². The predicted octanol–water partition coefficient (Wildman–Crippen LogP) is 4.49. The Morgan fingerprint density at radius 1 is 0.957 bits per heavy atom. The summed E-state index contributed by atoms with van der Waals surface area (Å²) in [7, 11) is 3.30. The Kier molecular flexibility index (Phi) is 6.21. The Balaban J connectivity index is 1.91. The highest BCUT2D eigenvalue weighted by Crippen LogP contribution is 2.27. The van der Waals surface area contributed by atoms with Crippen LogP contribution in [0.4, 0.5) is 0 Å². The maximum absolute atomic E-state index is 5.32. The lowest BCUT2D eigenvalue weighted by atomic mass is 10.0. The minimum absolute atomic E-state index is 0.561. The predicted molar refractivity (Wildman–Crippen MR) is 96.2 cm³/mol. The molecule has 23 heavy (non-hydrogen) atoms. The molecule has 0 spiro atoms. The monoisotopic (exact) mass is 311 g/mol. The molecule has 2 aromatic carbocycles. The van der Waals surface area contributed by atoms with Crippen LogP contribution in [-0.4, -0.2) is 27.0 Å². The molecule has 2 aromatic rings.